The number of aromatic nitrogens is 5. The zero-order valence-electron chi connectivity index (χ0n) is 27.1. The molecule has 4 heterocycles. The molecule has 48 heavy (non-hydrogen) atoms. The first-order chi connectivity index (χ1) is 23.1. The smallest absolute Gasteiger partial charge is 0.320 e. The normalized spacial score (nSPS) is 17.8. The van der Waals surface area contributed by atoms with Gasteiger partial charge in [0.1, 0.15) is 17.7 Å². The summed E-state index contributed by atoms with van der Waals surface area (Å²) in [5.74, 6) is 0.0942. The molecule has 1 fully saturated rings. The molecule has 1 aliphatic heterocycles. The molecule has 15 heteroatoms. The van der Waals surface area contributed by atoms with Crippen molar-refractivity contribution in [3.8, 4) is 5.75 Å². The summed E-state index contributed by atoms with van der Waals surface area (Å²) >= 11 is 0. The number of hydrogen-bond donors (Lipinski definition) is 4. The second-order valence-electron chi connectivity index (χ2n) is 12.7. The summed E-state index contributed by atoms with van der Waals surface area (Å²) in [7, 11) is 0. The number of ether oxygens (including phenoxy) is 2. The van der Waals surface area contributed by atoms with E-state index in [1.807, 2.05) is 45.0 Å². The Bertz CT molecular complexity index is 1810. The molecule has 0 radical (unpaired) electrons. The number of anilines is 1. The number of aliphatic hydroxyl groups is 1. The number of hydrogen-bond acceptors (Lipinski definition) is 10. The number of carbonyl (C=O) groups is 3. The summed E-state index contributed by atoms with van der Waals surface area (Å²) in [6, 6.07) is 12.2. The van der Waals surface area contributed by atoms with Gasteiger partial charge >= 0.3 is 6.03 Å². The Labute approximate surface area is 277 Å². The van der Waals surface area contributed by atoms with E-state index in [4.69, 9.17) is 14.6 Å². The van der Waals surface area contributed by atoms with Gasteiger partial charge in [-0.2, -0.15) is 0 Å². The fourth-order valence-electron chi connectivity index (χ4n) is 5.74. The van der Waals surface area contributed by atoms with Gasteiger partial charge in [0, 0.05) is 31.1 Å². The summed E-state index contributed by atoms with van der Waals surface area (Å²) in [6.07, 6.45) is 2.63. The molecule has 2 atom stereocenters. The number of morpholine rings is 1. The lowest BCUT2D eigenvalue weighted by Gasteiger charge is -2.32. The number of urea groups is 1. The van der Waals surface area contributed by atoms with Crippen molar-refractivity contribution in [1.29, 1.82) is 0 Å². The third-order valence-electron chi connectivity index (χ3n) is 8.22. The zero-order valence-corrected chi connectivity index (χ0v) is 27.1. The van der Waals surface area contributed by atoms with E-state index in [2.05, 4.69) is 36.1 Å². The molecule has 3 aromatic heterocycles. The van der Waals surface area contributed by atoms with Crippen LogP contribution >= 0.6 is 0 Å². The number of nitrogens with one attached hydrogen (secondary N) is 3. The minimum absolute atomic E-state index is 0.0575. The predicted molar refractivity (Wildman–Crippen MR) is 174 cm³/mol. The van der Waals surface area contributed by atoms with Gasteiger partial charge in [0.25, 0.3) is 11.8 Å². The molecule has 252 valence electrons. The van der Waals surface area contributed by atoms with Crippen molar-refractivity contribution in [3.05, 3.63) is 77.1 Å². The van der Waals surface area contributed by atoms with E-state index in [1.165, 1.54) is 0 Å². The second-order valence-corrected chi connectivity index (χ2v) is 12.7. The van der Waals surface area contributed by atoms with Crippen LogP contribution in [0.4, 0.5) is 10.6 Å². The largest absolute Gasteiger partial charge is 0.484 e. The van der Waals surface area contributed by atoms with Crippen molar-refractivity contribution in [2.75, 3.05) is 44.8 Å². The molecule has 2 aliphatic rings. The average molecular weight is 658 g/mol. The van der Waals surface area contributed by atoms with Gasteiger partial charge in [0.05, 0.1) is 37.8 Å². The maximum Gasteiger partial charge on any atom is 0.320 e. The van der Waals surface area contributed by atoms with Crippen LogP contribution in [0.1, 0.15) is 83.8 Å². The first kappa shape index (κ1) is 32.8. The highest BCUT2D eigenvalue weighted by Gasteiger charge is 2.30. The van der Waals surface area contributed by atoms with Gasteiger partial charge in [-0.15, -0.1) is 10.2 Å². The van der Waals surface area contributed by atoms with Crippen molar-refractivity contribution in [3.63, 3.8) is 0 Å². The number of fused-ring (bicyclic) bond motifs is 2. The van der Waals surface area contributed by atoms with E-state index in [0.717, 1.165) is 11.1 Å². The Balaban J connectivity index is 1.17. The second kappa shape index (κ2) is 13.9. The Kier molecular flexibility index (Phi) is 9.50. The SMILES string of the molecule is CC(C)(C)c1cc(NC(=O)N[C@H]2CC[C@@H](Oc3ccc4nnc(C(=O)N5CCOCC5)n4c3)c3ccccc32)nc(C(=O)NCCO)n1. The van der Waals surface area contributed by atoms with Crippen LogP contribution in [-0.4, -0.2) is 91.9 Å². The van der Waals surface area contributed by atoms with Crippen LogP contribution in [0.15, 0.2) is 48.7 Å². The first-order valence-corrected chi connectivity index (χ1v) is 15.9. The topological polar surface area (TPSA) is 185 Å². The lowest BCUT2D eigenvalue weighted by atomic mass is 9.85. The summed E-state index contributed by atoms with van der Waals surface area (Å²) in [5.41, 5.74) is 2.54. The molecular weight excluding hydrogens is 618 g/mol. The van der Waals surface area contributed by atoms with Crippen LogP contribution in [0, 0.1) is 0 Å². The Morgan fingerprint density at radius 1 is 1.02 bits per heavy atom. The van der Waals surface area contributed by atoms with Crippen molar-refractivity contribution < 1.29 is 29.0 Å². The van der Waals surface area contributed by atoms with E-state index >= 15 is 0 Å². The molecule has 0 bridgehead atoms. The van der Waals surface area contributed by atoms with Gasteiger partial charge in [0.15, 0.2) is 5.65 Å². The number of benzene rings is 1. The lowest BCUT2D eigenvalue weighted by Crippen LogP contribution is -2.41. The number of rotatable bonds is 8. The molecule has 4 amide bonds. The predicted octanol–water partition coefficient (Wildman–Crippen LogP) is 2.79. The minimum atomic E-state index is -0.547. The molecule has 1 aromatic carbocycles. The first-order valence-electron chi connectivity index (χ1n) is 15.9. The number of nitrogens with zero attached hydrogens (tertiary/aromatic N) is 6. The van der Waals surface area contributed by atoms with E-state index in [9.17, 15) is 14.4 Å². The summed E-state index contributed by atoms with van der Waals surface area (Å²) in [6.45, 7) is 7.64. The fourth-order valence-corrected chi connectivity index (χ4v) is 5.74. The Morgan fingerprint density at radius 3 is 2.54 bits per heavy atom. The molecule has 1 saturated heterocycles. The van der Waals surface area contributed by atoms with Gasteiger partial charge in [-0.1, -0.05) is 45.0 Å². The van der Waals surface area contributed by atoms with Crippen LogP contribution in [0.2, 0.25) is 0 Å². The fraction of sp³-hybridized carbons (Fsp3) is 0.424. The third-order valence-corrected chi connectivity index (χ3v) is 8.22. The standard InChI is InChI=1S/C33H39N9O6/c1-33(2,3)25-18-26(37-28(36-25)30(44)34-12-15-43)38-32(46)35-23-9-10-24(22-7-5-4-6-21(22)23)48-20-8-11-27-39-40-29(42(27)19-20)31(45)41-13-16-47-17-14-41/h4-8,11,18-19,23-24,43H,9-10,12-17H2,1-3H3,(H,34,44)(H2,35,36,37,38,46)/t23-,24+/m0/s1. The van der Waals surface area contributed by atoms with Crippen LogP contribution in [0.25, 0.3) is 5.65 Å². The zero-order chi connectivity index (χ0) is 33.8. The summed E-state index contributed by atoms with van der Waals surface area (Å²) < 4.78 is 13.5. The van der Waals surface area contributed by atoms with Gasteiger partial charge in [-0.3, -0.25) is 19.3 Å². The van der Waals surface area contributed by atoms with Gasteiger partial charge < -0.3 is 30.1 Å². The highest BCUT2D eigenvalue weighted by molar-refractivity contribution is 5.93. The quantitative estimate of drug-likeness (QED) is 0.220. The van der Waals surface area contributed by atoms with Crippen molar-refractivity contribution in [2.45, 2.75) is 51.2 Å². The monoisotopic (exact) mass is 657 g/mol. The molecule has 15 nitrogen and oxygen atoms in total. The molecule has 0 unspecified atom stereocenters. The van der Waals surface area contributed by atoms with E-state index in [-0.39, 0.29) is 48.7 Å². The summed E-state index contributed by atoms with van der Waals surface area (Å²) in [5, 5.41) is 25.8. The molecule has 0 saturated carbocycles. The maximum absolute atomic E-state index is 13.3. The lowest BCUT2D eigenvalue weighted by molar-refractivity contribution is 0.0294. The number of amides is 4. The van der Waals surface area contributed by atoms with Crippen LogP contribution in [-0.2, 0) is 10.2 Å². The summed E-state index contributed by atoms with van der Waals surface area (Å²) in [4.78, 5) is 49.4. The van der Waals surface area contributed by atoms with Crippen molar-refractivity contribution >= 4 is 29.3 Å². The van der Waals surface area contributed by atoms with Crippen LogP contribution in [0.3, 0.4) is 0 Å². The molecule has 4 N–H and O–H groups in total. The van der Waals surface area contributed by atoms with E-state index in [1.54, 1.807) is 33.7 Å². The van der Waals surface area contributed by atoms with E-state index in [0.29, 0.717) is 56.2 Å². The minimum Gasteiger partial charge on any atom is -0.484 e. The number of pyridine rings is 1. The Morgan fingerprint density at radius 2 is 1.79 bits per heavy atom. The number of carbonyl (C=O) groups excluding carboxylic acids is 3. The maximum atomic E-state index is 13.3. The van der Waals surface area contributed by atoms with Crippen molar-refractivity contribution in [2.24, 2.45) is 0 Å². The molecular formula is C33H39N9O6. The van der Waals surface area contributed by atoms with Gasteiger partial charge in [-0.25, -0.2) is 14.8 Å². The molecule has 4 aromatic rings. The van der Waals surface area contributed by atoms with Gasteiger partial charge in [-0.05, 0) is 36.1 Å². The molecule has 0 spiro atoms. The highest BCUT2D eigenvalue weighted by Crippen LogP contribution is 2.39. The molecule has 6 rings (SSSR count). The Hall–Kier alpha value is -5.15. The van der Waals surface area contributed by atoms with E-state index < -0.39 is 17.4 Å². The van der Waals surface area contributed by atoms with Gasteiger partial charge in [0.2, 0.25) is 11.6 Å². The average Bonchev–Trinajstić information content (AvgIpc) is 3.51. The molecule has 1 aliphatic carbocycles. The number of aliphatic hydroxyl groups excluding tert-OH is 1. The van der Waals surface area contributed by atoms with Crippen LogP contribution < -0.4 is 20.7 Å². The third kappa shape index (κ3) is 7.21. The highest BCUT2D eigenvalue weighted by atomic mass is 16.5. The van der Waals surface area contributed by atoms with Crippen molar-refractivity contribution in [1.82, 2.24) is 40.1 Å². The van der Waals surface area contributed by atoms with Crippen LogP contribution in [0.5, 0.6) is 5.75 Å².